The van der Waals surface area contributed by atoms with Crippen LogP contribution in [0.5, 0.6) is 0 Å². The molecule has 1 N–H and O–H groups in total. The van der Waals surface area contributed by atoms with E-state index >= 15 is 0 Å². The number of nitrogens with one attached hydrogen (secondary N) is 1. The van der Waals surface area contributed by atoms with Gasteiger partial charge in [0.25, 0.3) is 5.91 Å². The number of allylic oxidation sites excluding steroid dienone is 2. The van der Waals surface area contributed by atoms with Gasteiger partial charge in [0.2, 0.25) is 11.8 Å². The largest absolute Gasteiger partial charge is 0.354 e. The van der Waals surface area contributed by atoms with Crippen LogP contribution in [-0.4, -0.2) is 58.0 Å². The van der Waals surface area contributed by atoms with Crippen molar-refractivity contribution in [2.75, 3.05) is 13.1 Å². The average molecular weight is 435 g/mol. The molecule has 1 atom stereocenters. The van der Waals surface area contributed by atoms with E-state index in [4.69, 9.17) is 0 Å². The fourth-order valence-corrected chi connectivity index (χ4v) is 4.76. The minimum atomic E-state index is -1.09. The lowest BCUT2D eigenvalue weighted by Crippen LogP contribution is -2.63. The van der Waals surface area contributed by atoms with Crippen molar-refractivity contribution in [2.24, 2.45) is 4.99 Å². The van der Waals surface area contributed by atoms with Gasteiger partial charge in [0.05, 0.1) is 13.0 Å². The fourth-order valence-electron chi connectivity index (χ4n) is 4.76. The molecular formula is C25H30N4O3. The van der Waals surface area contributed by atoms with Crippen molar-refractivity contribution in [3.8, 4) is 0 Å². The number of aliphatic imine (C=N–C) groups is 1. The molecule has 7 nitrogen and oxygen atoms in total. The van der Waals surface area contributed by atoms with E-state index in [2.05, 4.69) is 10.3 Å². The van der Waals surface area contributed by atoms with Gasteiger partial charge in [0.15, 0.2) is 0 Å². The molecule has 0 saturated heterocycles. The van der Waals surface area contributed by atoms with Gasteiger partial charge in [-0.15, -0.1) is 0 Å². The molecule has 1 unspecified atom stereocenters. The minimum Gasteiger partial charge on any atom is -0.354 e. The highest BCUT2D eigenvalue weighted by Gasteiger charge is 2.48. The van der Waals surface area contributed by atoms with Crippen LogP contribution in [0.15, 0.2) is 59.8 Å². The minimum absolute atomic E-state index is 0.00192. The summed E-state index contributed by atoms with van der Waals surface area (Å²) in [4.78, 5) is 46.6. The van der Waals surface area contributed by atoms with Crippen LogP contribution in [0.25, 0.3) is 0 Å². The van der Waals surface area contributed by atoms with Crippen LogP contribution in [0, 0.1) is 0 Å². The second-order valence-corrected chi connectivity index (χ2v) is 8.84. The second kappa shape index (κ2) is 9.51. The summed E-state index contributed by atoms with van der Waals surface area (Å²) in [6.45, 7) is 2.30. The third kappa shape index (κ3) is 4.66. The van der Waals surface area contributed by atoms with Crippen LogP contribution in [0.4, 0.5) is 0 Å². The maximum atomic E-state index is 13.9. The van der Waals surface area contributed by atoms with Crippen LogP contribution in [0.2, 0.25) is 0 Å². The molecule has 1 aromatic rings. The molecule has 1 aliphatic carbocycles. The van der Waals surface area contributed by atoms with E-state index in [0.29, 0.717) is 12.4 Å². The highest BCUT2D eigenvalue weighted by atomic mass is 16.2. The van der Waals surface area contributed by atoms with Crippen LogP contribution < -0.4 is 5.32 Å². The number of fused-ring (bicyclic) bond motifs is 1. The average Bonchev–Trinajstić information content (AvgIpc) is 3.32. The first-order valence-corrected chi connectivity index (χ1v) is 11.3. The Morgan fingerprint density at radius 2 is 1.94 bits per heavy atom. The smallest absolute Gasteiger partial charge is 0.250 e. The molecule has 0 spiro atoms. The Kier molecular flexibility index (Phi) is 6.53. The lowest BCUT2D eigenvalue weighted by Gasteiger charge is -2.45. The number of hydrogen-bond donors (Lipinski definition) is 1. The predicted molar refractivity (Wildman–Crippen MR) is 123 cm³/mol. The number of rotatable bonds is 7. The number of nitrogens with zero attached hydrogens (tertiary/aromatic N) is 3. The molecule has 4 rings (SSSR count). The van der Waals surface area contributed by atoms with Crippen molar-refractivity contribution in [1.29, 1.82) is 0 Å². The SMILES string of the molecule is CC1(C(=O)N(CC(=O)NCCc2ccccc2)C2CCCC2)CC(=O)N=C2C=CC=CN21. The Labute approximate surface area is 188 Å². The summed E-state index contributed by atoms with van der Waals surface area (Å²) in [6, 6.07) is 9.99. The van der Waals surface area contributed by atoms with Gasteiger partial charge in [-0.25, -0.2) is 0 Å². The molecule has 0 aromatic heterocycles. The van der Waals surface area contributed by atoms with Crippen molar-refractivity contribution < 1.29 is 14.4 Å². The molecule has 3 aliphatic rings. The first-order valence-electron chi connectivity index (χ1n) is 11.3. The molecule has 1 saturated carbocycles. The van der Waals surface area contributed by atoms with Crippen molar-refractivity contribution in [3.63, 3.8) is 0 Å². The summed E-state index contributed by atoms with van der Waals surface area (Å²) in [7, 11) is 0. The number of hydrogen-bond acceptors (Lipinski definition) is 4. The van der Waals surface area contributed by atoms with Gasteiger partial charge in [0.1, 0.15) is 11.4 Å². The Morgan fingerprint density at radius 1 is 1.19 bits per heavy atom. The zero-order valence-electron chi connectivity index (χ0n) is 18.5. The Morgan fingerprint density at radius 3 is 2.69 bits per heavy atom. The van der Waals surface area contributed by atoms with E-state index in [1.165, 1.54) is 0 Å². The van der Waals surface area contributed by atoms with Gasteiger partial charge >= 0.3 is 0 Å². The number of carbonyl (C=O) groups excluding carboxylic acids is 3. The van der Waals surface area contributed by atoms with Gasteiger partial charge < -0.3 is 15.1 Å². The molecule has 3 amide bonds. The number of carbonyl (C=O) groups is 3. The van der Waals surface area contributed by atoms with Crippen LogP contribution >= 0.6 is 0 Å². The first kappa shape index (κ1) is 22.0. The Hall–Kier alpha value is -3.22. The van der Waals surface area contributed by atoms with Gasteiger partial charge in [-0.3, -0.25) is 14.4 Å². The summed E-state index contributed by atoms with van der Waals surface area (Å²) < 4.78 is 0. The molecule has 7 heteroatoms. The van der Waals surface area contributed by atoms with Crippen molar-refractivity contribution in [1.82, 2.24) is 15.1 Å². The monoisotopic (exact) mass is 434 g/mol. The van der Waals surface area contributed by atoms with Crippen molar-refractivity contribution >= 4 is 23.6 Å². The zero-order chi connectivity index (χ0) is 22.6. The van der Waals surface area contributed by atoms with E-state index in [1.54, 1.807) is 35.1 Å². The van der Waals surface area contributed by atoms with E-state index in [0.717, 1.165) is 37.7 Å². The summed E-state index contributed by atoms with van der Waals surface area (Å²) in [5, 5.41) is 2.96. The first-order chi connectivity index (χ1) is 15.5. The number of amidine groups is 1. The topological polar surface area (TPSA) is 82.1 Å². The molecule has 0 bridgehead atoms. The Balaban J connectivity index is 1.47. The quantitative estimate of drug-likeness (QED) is 0.715. The molecule has 168 valence electrons. The second-order valence-electron chi connectivity index (χ2n) is 8.84. The Bertz CT molecular complexity index is 963. The third-order valence-corrected chi connectivity index (χ3v) is 6.48. The standard InChI is InChI=1S/C25H30N4O3/c1-25(17-22(30)27-21-13-7-8-16-29(21)25)24(32)28(20-11-5-6-12-20)18-23(31)26-15-14-19-9-3-2-4-10-19/h2-4,7-10,13,16,20H,5-6,11-12,14-15,17-18H2,1H3,(H,26,31). The number of benzene rings is 1. The molecule has 32 heavy (non-hydrogen) atoms. The van der Waals surface area contributed by atoms with E-state index < -0.39 is 5.54 Å². The van der Waals surface area contributed by atoms with Crippen molar-refractivity contribution in [2.45, 2.75) is 57.0 Å². The molecular weight excluding hydrogens is 404 g/mol. The maximum Gasteiger partial charge on any atom is 0.250 e. The lowest BCUT2D eigenvalue weighted by atomic mass is 9.89. The summed E-state index contributed by atoms with van der Waals surface area (Å²) >= 11 is 0. The summed E-state index contributed by atoms with van der Waals surface area (Å²) in [5.74, 6) is -0.206. The zero-order valence-corrected chi connectivity index (χ0v) is 18.5. The van der Waals surface area contributed by atoms with Gasteiger partial charge in [-0.1, -0.05) is 49.2 Å². The van der Waals surface area contributed by atoms with Gasteiger partial charge in [-0.05, 0) is 43.9 Å². The highest BCUT2D eigenvalue weighted by Crippen LogP contribution is 2.33. The van der Waals surface area contributed by atoms with E-state index in [1.807, 2.05) is 36.4 Å². The molecule has 0 radical (unpaired) electrons. The third-order valence-electron chi connectivity index (χ3n) is 6.48. The molecule has 2 aliphatic heterocycles. The molecule has 1 fully saturated rings. The van der Waals surface area contributed by atoms with Crippen LogP contribution in [0.3, 0.4) is 0 Å². The van der Waals surface area contributed by atoms with E-state index in [-0.39, 0.29) is 36.7 Å². The fraction of sp³-hybridized carbons (Fsp3) is 0.440. The maximum absolute atomic E-state index is 13.9. The van der Waals surface area contributed by atoms with Crippen LogP contribution in [0.1, 0.15) is 44.6 Å². The highest BCUT2D eigenvalue weighted by molar-refractivity contribution is 6.09. The van der Waals surface area contributed by atoms with Crippen molar-refractivity contribution in [3.05, 3.63) is 60.3 Å². The normalized spacial score (nSPS) is 22.5. The van der Waals surface area contributed by atoms with E-state index in [9.17, 15) is 14.4 Å². The summed E-state index contributed by atoms with van der Waals surface area (Å²) in [5.41, 5.74) is 0.0593. The lowest BCUT2D eigenvalue weighted by molar-refractivity contribution is -0.148. The molecule has 1 aromatic carbocycles. The van der Waals surface area contributed by atoms with Gasteiger partial charge in [-0.2, -0.15) is 4.99 Å². The van der Waals surface area contributed by atoms with Gasteiger partial charge in [0, 0.05) is 18.8 Å². The summed E-state index contributed by atoms with van der Waals surface area (Å²) in [6.07, 6.45) is 11.7. The number of amides is 3. The van der Waals surface area contributed by atoms with Crippen LogP contribution in [-0.2, 0) is 20.8 Å². The molecule has 2 heterocycles. The predicted octanol–water partition coefficient (Wildman–Crippen LogP) is 2.59.